The van der Waals surface area contributed by atoms with E-state index in [0.717, 1.165) is 0 Å². The van der Waals surface area contributed by atoms with E-state index in [-0.39, 0.29) is 11.3 Å². The Labute approximate surface area is 141 Å². The molecule has 1 heterocycles. The summed E-state index contributed by atoms with van der Waals surface area (Å²) in [7, 11) is 0. The summed E-state index contributed by atoms with van der Waals surface area (Å²) in [6, 6.07) is 6.94. The van der Waals surface area contributed by atoms with Gasteiger partial charge in [-0.15, -0.1) is 0 Å². The van der Waals surface area contributed by atoms with Crippen LogP contribution in [0.15, 0.2) is 44.7 Å². The van der Waals surface area contributed by atoms with E-state index in [2.05, 4.69) is 10.0 Å². The van der Waals surface area contributed by atoms with Crippen LogP contribution in [0.5, 0.6) is 5.75 Å². The first-order valence-corrected chi connectivity index (χ1v) is 6.99. The van der Waals surface area contributed by atoms with Crippen LogP contribution in [0.2, 0.25) is 0 Å². The minimum absolute atomic E-state index is 0.0468. The molecular weight excluding hydrogens is 358 g/mol. The fourth-order valence-electron chi connectivity index (χ4n) is 2.21. The highest BCUT2D eigenvalue weighted by Gasteiger charge is 2.25. The van der Waals surface area contributed by atoms with Gasteiger partial charge in [0.15, 0.2) is 23.3 Å². The first kappa shape index (κ1) is 17.3. The third-order valence-corrected chi connectivity index (χ3v) is 3.45. The Hall–Kier alpha value is -3.52. The summed E-state index contributed by atoms with van der Waals surface area (Å²) in [5.41, 5.74) is 5.33. The number of azide groups is 1. The van der Waals surface area contributed by atoms with Gasteiger partial charge >= 0.3 is 5.63 Å². The van der Waals surface area contributed by atoms with Crippen LogP contribution in [-0.4, -0.2) is 0 Å². The number of ether oxygens (including phenoxy) is 1. The zero-order valence-electron chi connectivity index (χ0n) is 12.7. The van der Waals surface area contributed by atoms with Crippen molar-refractivity contribution in [3.63, 3.8) is 0 Å². The van der Waals surface area contributed by atoms with Crippen LogP contribution in [0.1, 0.15) is 5.56 Å². The summed E-state index contributed by atoms with van der Waals surface area (Å²) < 4.78 is 65.4. The molecule has 6 nitrogen and oxygen atoms in total. The number of nitrogens with zero attached hydrogens (tertiary/aromatic N) is 3. The van der Waals surface area contributed by atoms with Crippen LogP contribution >= 0.6 is 0 Å². The van der Waals surface area contributed by atoms with E-state index in [9.17, 15) is 22.4 Å². The lowest BCUT2D eigenvalue weighted by Gasteiger charge is -2.11. The number of rotatable bonds is 4. The first-order chi connectivity index (χ1) is 12.4. The van der Waals surface area contributed by atoms with Gasteiger partial charge in [0, 0.05) is 22.4 Å². The summed E-state index contributed by atoms with van der Waals surface area (Å²) in [5.74, 6) is -7.09. The lowest BCUT2D eigenvalue weighted by molar-refractivity contribution is 0.285. The molecule has 0 amide bonds. The Kier molecular flexibility index (Phi) is 4.51. The van der Waals surface area contributed by atoms with Gasteiger partial charge in [0.2, 0.25) is 0 Å². The Morgan fingerprint density at radius 2 is 1.69 bits per heavy atom. The van der Waals surface area contributed by atoms with Crippen LogP contribution in [0.3, 0.4) is 0 Å². The molecule has 26 heavy (non-hydrogen) atoms. The quantitative estimate of drug-likeness (QED) is 0.165. The van der Waals surface area contributed by atoms with Gasteiger partial charge < -0.3 is 9.15 Å². The second kappa shape index (κ2) is 6.77. The number of fused-ring (bicyclic) bond motifs is 1. The van der Waals surface area contributed by atoms with Crippen molar-refractivity contribution in [2.24, 2.45) is 5.11 Å². The van der Waals surface area contributed by atoms with E-state index >= 15 is 0 Å². The average Bonchev–Trinajstić information content (AvgIpc) is 2.63. The number of hydrogen-bond donors (Lipinski definition) is 0. The highest BCUT2D eigenvalue weighted by atomic mass is 19.2. The van der Waals surface area contributed by atoms with Crippen molar-refractivity contribution < 1.29 is 26.7 Å². The molecule has 10 heteroatoms. The minimum atomic E-state index is -1.83. The van der Waals surface area contributed by atoms with Crippen molar-refractivity contribution in [2.45, 2.75) is 6.61 Å². The Balaban J connectivity index is 1.95. The lowest BCUT2D eigenvalue weighted by Crippen LogP contribution is -2.07. The molecule has 2 aromatic carbocycles. The Bertz CT molecular complexity index is 1090. The molecule has 0 bridgehead atoms. The molecule has 0 aliphatic rings. The van der Waals surface area contributed by atoms with Crippen molar-refractivity contribution in [3.05, 3.63) is 80.0 Å². The van der Waals surface area contributed by atoms with Crippen LogP contribution < -0.4 is 10.4 Å². The number of benzene rings is 2. The molecule has 0 atom stereocenters. The molecule has 0 unspecified atom stereocenters. The van der Waals surface area contributed by atoms with Crippen LogP contribution in [0, 0.1) is 23.3 Å². The number of hydrogen-bond acceptors (Lipinski definition) is 4. The van der Waals surface area contributed by atoms with Crippen molar-refractivity contribution >= 4 is 16.7 Å². The minimum Gasteiger partial charge on any atom is -0.489 e. The molecule has 132 valence electrons. The van der Waals surface area contributed by atoms with Crippen molar-refractivity contribution in [1.82, 2.24) is 0 Å². The van der Waals surface area contributed by atoms with Crippen molar-refractivity contribution in [2.75, 3.05) is 0 Å². The van der Waals surface area contributed by atoms with E-state index in [1.165, 1.54) is 30.3 Å². The molecule has 0 radical (unpaired) electrons. The van der Waals surface area contributed by atoms with E-state index in [4.69, 9.17) is 14.7 Å². The van der Waals surface area contributed by atoms with E-state index in [1.54, 1.807) is 0 Å². The molecule has 0 saturated heterocycles. The third kappa shape index (κ3) is 3.05. The summed E-state index contributed by atoms with van der Waals surface area (Å²) in [6.07, 6.45) is 0. The molecule has 0 N–H and O–H groups in total. The highest BCUT2D eigenvalue weighted by molar-refractivity contribution is 5.77. The first-order valence-electron chi connectivity index (χ1n) is 6.99. The third-order valence-electron chi connectivity index (χ3n) is 3.45. The highest BCUT2D eigenvalue weighted by Crippen LogP contribution is 2.31. The monoisotopic (exact) mass is 365 g/mol. The molecule has 0 fully saturated rings. The Morgan fingerprint density at radius 1 is 1.04 bits per heavy atom. The summed E-state index contributed by atoms with van der Waals surface area (Å²) in [4.78, 5) is 13.3. The van der Waals surface area contributed by atoms with E-state index < -0.39 is 46.8 Å². The van der Waals surface area contributed by atoms with Crippen LogP contribution in [0.25, 0.3) is 21.4 Å². The molecular formula is C16H7F4N3O3. The maximum absolute atomic E-state index is 13.9. The zero-order valence-corrected chi connectivity index (χ0v) is 12.7. The van der Waals surface area contributed by atoms with Gasteiger partial charge in [-0.1, -0.05) is 5.11 Å². The van der Waals surface area contributed by atoms with E-state index in [0.29, 0.717) is 5.39 Å². The van der Waals surface area contributed by atoms with Crippen molar-refractivity contribution in [1.29, 1.82) is 0 Å². The van der Waals surface area contributed by atoms with Gasteiger partial charge in [-0.25, -0.2) is 22.4 Å². The summed E-state index contributed by atoms with van der Waals surface area (Å²) >= 11 is 0. The molecule has 0 aliphatic heterocycles. The second-order valence-corrected chi connectivity index (χ2v) is 5.02. The predicted molar refractivity (Wildman–Crippen MR) is 81.9 cm³/mol. The van der Waals surface area contributed by atoms with Crippen LogP contribution in [-0.2, 0) is 6.61 Å². The molecule has 0 aliphatic carbocycles. The molecule has 1 aromatic heterocycles. The molecule has 0 saturated carbocycles. The molecule has 3 rings (SSSR count). The van der Waals surface area contributed by atoms with Crippen molar-refractivity contribution in [3.8, 4) is 5.75 Å². The SMILES string of the molecule is [N-]=[N+]=Nc1c(F)c(F)c(COc2ccc3ccc(=O)oc3c2)c(F)c1F. The largest absolute Gasteiger partial charge is 0.489 e. The van der Waals surface area contributed by atoms with Gasteiger partial charge in [0.05, 0.1) is 5.56 Å². The average molecular weight is 365 g/mol. The maximum atomic E-state index is 13.9. The second-order valence-electron chi connectivity index (χ2n) is 5.02. The normalized spacial score (nSPS) is 10.6. The predicted octanol–water partition coefficient (Wildman–Crippen LogP) is 4.87. The van der Waals surface area contributed by atoms with Gasteiger partial charge in [-0.2, -0.15) is 0 Å². The van der Waals surface area contributed by atoms with Crippen LogP contribution in [0.4, 0.5) is 23.2 Å². The smallest absolute Gasteiger partial charge is 0.336 e. The standard InChI is InChI=1S/C16H7F4N3O3/c17-12-9(13(18)15(20)16(14(12)19)22-23-21)6-25-8-3-1-7-2-4-11(24)26-10(7)5-8/h1-5H,6H2. The fourth-order valence-corrected chi connectivity index (χ4v) is 2.21. The fraction of sp³-hybridized carbons (Fsp3) is 0.0625. The zero-order chi connectivity index (χ0) is 18.8. The Morgan fingerprint density at radius 3 is 2.35 bits per heavy atom. The molecule has 0 spiro atoms. The van der Waals surface area contributed by atoms with Gasteiger partial charge in [-0.05, 0) is 23.7 Å². The van der Waals surface area contributed by atoms with Gasteiger partial charge in [-0.3, -0.25) is 0 Å². The lowest BCUT2D eigenvalue weighted by atomic mass is 10.1. The molecule has 3 aromatic rings. The summed E-state index contributed by atoms with van der Waals surface area (Å²) in [6.45, 7) is -0.857. The van der Waals surface area contributed by atoms with Gasteiger partial charge in [0.25, 0.3) is 0 Å². The summed E-state index contributed by atoms with van der Waals surface area (Å²) in [5, 5.41) is 3.17. The maximum Gasteiger partial charge on any atom is 0.336 e. The number of halogens is 4. The topological polar surface area (TPSA) is 88.2 Å². The van der Waals surface area contributed by atoms with E-state index in [1.807, 2.05) is 0 Å². The van der Waals surface area contributed by atoms with Gasteiger partial charge in [0.1, 0.15) is 23.6 Å².